The number of ether oxygens (including phenoxy) is 2. The number of thiophene rings is 1. The molecule has 1 rings (SSSR count). The molecule has 0 aromatic carbocycles. The molecular weight excluding hydrogens is 210 g/mol. The van der Waals surface area contributed by atoms with E-state index in [1.54, 1.807) is 25.6 Å². The Bertz CT molecular complexity index is 247. The third-order valence-electron chi connectivity index (χ3n) is 2.33. The van der Waals surface area contributed by atoms with Crippen LogP contribution in [-0.4, -0.2) is 33.1 Å². The standard InChI is InChI=1S/C11H19NO2S/c1-9(11(13-2)14-3)12-6-4-10-5-7-15-8-10/h5,7-9,11-12H,4,6H2,1-3H3. The predicted molar refractivity (Wildman–Crippen MR) is 63.3 cm³/mol. The van der Waals surface area contributed by atoms with Gasteiger partial charge >= 0.3 is 0 Å². The van der Waals surface area contributed by atoms with Crippen molar-refractivity contribution in [2.24, 2.45) is 0 Å². The summed E-state index contributed by atoms with van der Waals surface area (Å²) in [5.74, 6) is 0. The maximum atomic E-state index is 5.17. The summed E-state index contributed by atoms with van der Waals surface area (Å²) < 4.78 is 10.3. The minimum absolute atomic E-state index is 0.174. The van der Waals surface area contributed by atoms with E-state index in [-0.39, 0.29) is 12.3 Å². The van der Waals surface area contributed by atoms with Crippen molar-refractivity contribution < 1.29 is 9.47 Å². The predicted octanol–water partition coefficient (Wildman–Crippen LogP) is 1.89. The van der Waals surface area contributed by atoms with Crippen molar-refractivity contribution in [3.63, 3.8) is 0 Å². The lowest BCUT2D eigenvalue weighted by molar-refractivity contribution is -0.119. The van der Waals surface area contributed by atoms with Gasteiger partial charge < -0.3 is 14.8 Å². The number of rotatable bonds is 7. The van der Waals surface area contributed by atoms with Crippen LogP contribution in [0.2, 0.25) is 0 Å². The molecule has 1 unspecified atom stereocenters. The van der Waals surface area contributed by atoms with Crippen molar-refractivity contribution in [1.82, 2.24) is 5.32 Å². The molecule has 4 heteroatoms. The van der Waals surface area contributed by atoms with Gasteiger partial charge in [0.25, 0.3) is 0 Å². The summed E-state index contributed by atoms with van der Waals surface area (Å²) in [6.07, 6.45) is 0.876. The molecule has 0 spiro atoms. The van der Waals surface area contributed by atoms with Gasteiger partial charge in [-0.2, -0.15) is 11.3 Å². The maximum absolute atomic E-state index is 5.17. The molecule has 15 heavy (non-hydrogen) atoms. The first-order valence-corrected chi connectivity index (χ1v) is 6.02. The molecule has 1 aromatic heterocycles. The molecule has 0 radical (unpaired) electrons. The minimum atomic E-state index is -0.174. The first-order valence-electron chi connectivity index (χ1n) is 5.08. The van der Waals surface area contributed by atoms with Gasteiger partial charge in [0.15, 0.2) is 6.29 Å². The second-order valence-electron chi connectivity index (χ2n) is 3.46. The van der Waals surface area contributed by atoms with E-state index in [0.29, 0.717) is 0 Å². The maximum Gasteiger partial charge on any atom is 0.171 e. The summed E-state index contributed by atoms with van der Waals surface area (Å²) in [6.45, 7) is 3.01. The Kier molecular flexibility index (Phi) is 5.86. The van der Waals surface area contributed by atoms with Gasteiger partial charge in [-0.1, -0.05) is 0 Å². The van der Waals surface area contributed by atoms with Crippen LogP contribution in [0.15, 0.2) is 16.8 Å². The Morgan fingerprint density at radius 3 is 2.67 bits per heavy atom. The summed E-state index contributed by atoms with van der Waals surface area (Å²) >= 11 is 1.74. The topological polar surface area (TPSA) is 30.5 Å². The molecule has 1 aromatic rings. The lowest BCUT2D eigenvalue weighted by atomic mass is 10.2. The highest BCUT2D eigenvalue weighted by Crippen LogP contribution is 2.06. The fourth-order valence-corrected chi connectivity index (χ4v) is 2.18. The summed E-state index contributed by atoms with van der Waals surface area (Å²) in [5.41, 5.74) is 1.38. The monoisotopic (exact) mass is 229 g/mol. The molecule has 0 fully saturated rings. The summed E-state index contributed by atoms with van der Waals surface area (Å²) in [5, 5.41) is 7.66. The van der Waals surface area contributed by atoms with Gasteiger partial charge in [-0.15, -0.1) is 0 Å². The van der Waals surface area contributed by atoms with Crippen LogP contribution < -0.4 is 5.32 Å². The lowest BCUT2D eigenvalue weighted by Gasteiger charge is -2.22. The smallest absolute Gasteiger partial charge is 0.171 e. The Balaban J connectivity index is 2.19. The first kappa shape index (κ1) is 12.6. The van der Waals surface area contributed by atoms with E-state index in [1.807, 2.05) is 0 Å². The van der Waals surface area contributed by atoms with E-state index in [1.165, 1.54) is 5.56 Å². The zero-order valence-corrected chi connectivity index (χ0v) is 10.3. The number of hydrogen-bond acceptors (Lipinski definition) is 4. The van der Waals surface area contributed by atoms with Crippen LogP contribution in [0.4, 0.5) is 0 Å². The molecule has 0 saturated heterocycles. The van der Waals surface area contributed by atoms with Crippen molar-refractivity contribution in [2.45, 2.75) is 25.7 Å². The Hall–Kier alpha value is -0.420. The fourth-order valence-electron chi connectivity index (χ4n) is 1.48. The quantitative estimate of drug-likeness (QED) is 0.724. The van der Waals surface area contributed by atoms with E-state index in [0.717, 1.165) is 13.0 Å². The third kappa shape index (κ3) is 4.30. The van der Waals surface area contributed by atoms with Gasteiger partial charge in [0.2, 0.25) is 0 Å². The molecule has 0 aliphatic rings. The van der Waals surface area contributed by atoms with Crippen molar-refractivity contribution in [1.29, 1.82) is 0 Å². The minimum Gasteiger partial charge on any atom is -0.354 e. The van der Waals surface area contributed by atoms with Gasteiger partial charge in [-0.3, -0.25) is 0 Å². The van der Waals surface area contributed by atoms with Crippen LogP contribution >= 0.6 is 11.3 Å². The van der Waals surface area contributed by atoms with Crippen molar-refractivity contribution in [3.05, 3.63) is 22.4 Å². The van der Waals surface area contributed by atoms with Crippen molar-refractivity contribution in [2.75, 3.05) is 20.8 Å². The van der Waals surface area contributed by atoms with Gasteiger partial charge in [0, 0.05) is 14.2 Å². The van der Waals surface area contributed by atoms with Crippen LogP contribution in [0.3, 0.4) is 0 Å². The largest absolute Gasteiger partial charge is 0.354 e. The Morgan fingerprint density at radius 2 is 2.13 bits per heavy atom. The zero-order chi connectivity index (χ0) is 11.1. The van der Waals surface area contributed by atoms with Crippen molar-refractivity contribution in [3.8, 4) is 0 Å². The molecule has 1 heterocycles. The lowest BCUT2D eigenvalue weighted by Crippen LogP contribution is -2.40. The van der Waals surface area contributed by atoms with Crippen LogP contribution in [0.25, 0.3) is 0 Å². The first-order chi connectivity index (χ1) is 7.27. The number of hydrogen-bond donors (Lipinski definition) is 1. The van der Waals surface area contributed by atoms with Gasteiger partial charge in [0.05, 0.1) is 6.04 Å². The highest BCUT2D eigenvalue weighted by molar-refractivity contribution is 7.07. The molecule has 0 saturated carbocycles. The molecule has 0 aliphatic carbocycles. The average Bonchev–Trinajstić information content (AvgIpc) is 2.72. The highest BCUT2D eigenvalue weighted by atomic mass is 32.1. The molecule has 1 atom stereocenters. The zero-order valence-electron chi connectivity index (χ0n) is 9.53. The normalized spacial score (nSPS) is 13.3. The second kappa shape index (κ2) is 6.95. The molecule has 0 bridgehead atoms. The van der Waals surface area contributed by atoms with Gasteiger partial charge in [-0.05, 0) is 42.3 Å². The van der Waals surface area contributed by atoms with Crippen LogP contribution in [0.1, 0.15) is 12.5 Å². The highest BCUT2D eigenvalue weighted by Gasteiger charge is 2.14. The van der Waals surface area contributed by atoms with E-state index in [4.69, 9.17) is 9.47 Å². The van der Waals surface area contributed by atoms with E-state index in [9.17, 15) is 0 Å². The van der Waals surface area contributed by atoms with Crippen LogP contribution in [-0.2, 0) is 15.9 Å². The van der Waals surface area contributed by atoms with E-state index in [2.05, 4.69) is 29.1 Å². The molecule has 1 N–H and O–H groups in total. The van der Waals surface area contributed by atoms with Gasteiger partial charge in [-0.25, -0.2) is 0 Å². The average molecular weight is 229 g/mol. The SMILES string of the molecule is COC(OC)C(C)NCCc1ccsc1. The molecule has 3 nitrogen and oxygen atoms in total. The van der Waals surface area contributed by atoms with E-state index >= 15 is 0 Å². The second-order valence-corrected chi connectivity index (χ2v) is 4.24. The van der Waals surface area contributed by atoms with Crippen LogP contribution in [0.5, 0.6) is 0 Å². The number of methoxy groups -OCH3 is 2. The molecule has 0 amide bonds. The van der Waals surface area contributed by atoms with Crippen LogP contribution in [0, 0.1) is 0 Å². The molecular formula is C11H19NO2S. The van der Waals surface area contributed by atoms with Crippen molar-refractivity contribution >= 4 is 11.3 Å². The van der Waals surface area contributed by atoms with Gasteiger partial charge in [0.1, 0.15) is 0 Å². The summed E-state index contributed by atoms with van der Waals surface area (Å²) in [4.78, 5) is 0. The van der Waals surface area contributed by atoms with E-state index < -0.39 is 0 Å². The summed E-state index contributed by atoms with van der Waals surface area (Å²) in [6, 6.07) is 2.36. The third-order valence-corrected chi connectivity index (χ3v) is 3.07. The Labute approximate surface area is 95.4 Å². The molecule has 86 valence electrons. The Morgan fingerprint density at radius 1 is 1.40 bits per heavy atom. The fraction of sp³-hybridized carbons (Fsp3) is 0.636. The summed E-state index contributed by atoms with van der Waals surface area (Å²) in [7, 11) is 3.32. The number of nitrogens with one attached hydrogen (secondary N) is 1. The molecule has 0 aliphatic heterocycles.